The van der Waals surface area contributed by atoms with Gasteiger partial charge in [-0.3, -0.25) is 4.79 Å². The number of benzene rings is 1. The smallest absolute Gasteiger partial charge is 0.337 e. The van der Waals surface area contributed by atoms with Crippen molar-refractivity contribution >= 4 is 11.7 Å². The van der Waals surface area contributed by atoms with E-state index < -0.39 is 5.41 Å². The second kappa shape index (κ2) is 6.15. The molecule has 0 spiro atoms. The molecule has 0 bridgehead atoms. The van der Waals surface area contributed by atoms with E-state index in [1.165, 1.54) is 5.06 Å². The molecule has 0 fully saturated rings. The van der Waals surface area contributed by atoms with Gasteiger partial charge in [-0.25, -0.2) is 9.86 Å². The Morgan fingerprint density at radius 3 is 2.54 bits per heavy atom. The minimum atomic E-state index is -0.611. The second-order valence-electron chi connectivity index (χ2n) is 7.09. The third-order valence-electron chi connectivity index (χ3n) is 4.06. The molecule has 2 aromatic rings. The first kappa shape index (κ1) is 16.3. The van der Waals surface area contributed by atoms with Crippen LogP contribution in [0.3, 0.4) is 0 Å². The fourth-order valence-electron chi connectivity index (χ4n) is 2.64. The van der Waals surface area contributed by atoms with E-state index >= 15 is 0 Å². The van der Waals surface area contributed by atoms with Crippen LogP contribution in [0.25, 0.3) is 0 Å². The SMILES string of the molecule is CC(C)(C)C(=O)ON1CCc2ccn(Cc3ccccc3)c(=O)c21. The quantitative estimate of drug-likeness (QED) is 0.870. The summed E-state index contributed by atoms with van der Waals surface area (Å²) in [6.07, 6.45) is 2.51. The minimum absolute atomic E-state index is 0.129. The van der Waals surface area contributed by atoms with Crippen LogP contribution in [-0.4, -0.2) is 17.1 Å². The highest BCUT2D eigenvalue weighted by molar-refractivity contribution is 5.77. The van der Waals surface area contributed by atoms with Crippen molar-refractivity contribution in [3.05, 3.63) is 64.1 Å². The highest BCUT2D eigenvalue weighted by Gasteiger charge is 2.31. The Kier molecular flexibility index (Phi) is 4.18. The lowest BCUT2D eigenvalue weighted by molar-refractivity contribution is -0.154. The normalized spacial score (nSPS) is 13.7. The maximum Gasteiger partial charge on any atom is 0.337 e. The molecule has 0 atom stereocenters. The van der Waals surface area contributed by atoms with E-state index in [0.717, 1.165) is 11.1 Å². The van der Waals surface area contributed by atoms with Crippen LogP contribution in [0.15, 0.2) is 47.4 Å². The molecule has 1 aromatic carbocycles. The van der Waals surface area contributed by atoms with Gasteiger partial charge in [-0.15, -0.1) is 0 Å². The molecule has 0 aliphatic carbocycles. The summed E-state index contributed by atoms with van der Waals surface area (Å²) in [6.45, 7) is 6.40. The summed E-state index contributed by atoms with van der Waals surface area (Å²) in [5.74, 6) is -0.340. The second-order valence-corrected chi connectivity index (χ2v) is 7.09. The minimum Gasteiger partial charge on any atom is -0.340 e. The van der Waals surface area contributed by atoms with Gasteiger partial charge in [0.25, 0.3) is 5.56 Å². The number of pyridine rings is 1. The van der Waals surface area contributed by atoms with Gasteiger partial charge in [-0.1, -0.05) is 30.3 Å². The first-order valence-electron chi connectivity index (χ1n) is 8.12. The number of anilines is 1. The standard InChI is InChI=1S/C19H22N2O3/c1-19(2,3)18(23)24-21-12-10-15-9-11-20(17(22)16(15)21)13-14-7-5-4-6-8-14/h4-9,11H,10,12-13H2,1-3H3. The molecule has 2 heterocycles. The number of aromatic nitrogens is 1. The van der Waals surface area contributed by atoms with Crippen molar-refractivity contribution in [3.8, 4) is 0 Å². The van der Waals surface area contributed by atoms with Gasteiger partial charge in [0.1, 0.15) is 5.69 Å². The van der Waals surface area contributed by atoms with E-state index in [1.807, 2.05) is 42.6 Å². The molecule has 126 valence electrons. The molecule has 0 N–H and O–H groups in total. The number of hydroxylamine groups is 1. The Morgan fingerprint density at radius 1 is 1.17 bits per heavy atom. The molecular formula is C19H22N2O3. The van der Waals surface area contributed by atoms with Crippen molar-refractivity contribution in [2.24, 2.45) is 5.41 Å². The lowest BCUT2D eigenvalue weighted by Crippen LogP contribution is -2.36. The average Bonchev–Trinajstić information content (AvgIpc) is 2.94. The van der Waals surface area contributed by atoms with Crippen LogP contribution < -0.4 is 10.6 Å². The number of fused-ring (bicyclic) bond motifs is 1. The number of carbonyl (C=O) groups excluding carboxylic acids is 1. The van der Waals surface area contributed by atoms with Gasteiger partial charge in [-0.2, -0.15) is 0 Å². The predicted octanol–water partition coefficient (Wildman–Crippen LogP) is 2.76. The third kappa shape index (κ3) is 3.20. The monoisotopic (exact) mass is 326 g/mol. The summed E-state index contributed by atoms with van der Waals surface area (Å²) in [5, 5.41) is 1.45. The van der Waals surface area contributed by atoms with Gasteiger partial charge in [0, 0.05) is 6.20 Å². The van der Waals surface area contributed by atoms with E-state index in [4.69, 9.17) is 4.84 Å². The maximum absolute atomic E-state index is 12.8. The van der Waals surface area contributed by atoms with Gasteiger partial charge in [-0.05, 0) is 44.4 Å². The number of hydrogen-bond acceptors (Lipinski definition) is 4. The molecular weight excluding hydrogens is 304 g/mol. The van der Waals surface area contributed by atoms with E-state index in [2.05, 4.69) is 0 Å². The van der Waals surface area contributed by atoms with Crippen LogP contribution in [-0.2, 0) is 22.6 Å². The zero-order valence-corrected chi connectivity index (χ0v) is 14.3. The van der Waals surface area contributed by atoms with Crippen molar-refractivity contribution in [2.75, 3.05) is 11.6 Å². The Hall–Kier alpha value is -2.56. The number of nitrogens with zero attached hydrogens (tertiary/aromatic N) is 2. The summed E-state index contributed by atoms with van der Waals surface area (Å²) in [7, 11) is 0. The molecule has 1 aliphatic rings. The van der Waals surface area contributed by atoms with Crippen LogP contribution >= 0.6 is 0 Å². The lowest BCUT2D eigenvalue weighted by Gasteiger charge is -2.23. The van der Waals surface area contributed by atoms with Crippen LogP contribution in [0.5, 0.6) is 0 Å². The number of carbonyl (C=O) groups is 1. The van der Waals surface area contributed by atoms with E-state index in [9.17, 15) is 9.59 Å². The summed E-state index contributed by atoms with van der Waals surface area (Å²) in [5.41, 5.74) is 1.71. The molecule has 24 heavy (non-hydrogen) atoms. The Labute approximate surface area is 141 Å². The number of hydrogen-bond donors (Lipinski definition) is 0. The molecule has 1 aromatic heterocycles. The van der Waals surface area contributed by atoms with Gasteiger partial charge in [0.05, 0.1) is 18.5 Å². The van der Waals surface area contributed by atoms with E-state index in [1.54, 1.807) is 25.3 Å². The molecule has 0 radical (unpaired) electrons. The fraction of sp³-hybridized carbons (Fsp3) is 0.368. The molecule has 5 nitrogen and oxygen atoms in total. The first-order valence-corrected chi connectivity index (χ1v) is 8.12. The van der Waals surface area contributed by atoms with Crippen molar-refractivity contribution < 1.29 is 9.63 Å². The van der Waals surface area contributed by atoms with E-state index in [-0.39, 0.29) is 11.5 Å². The third-order valence-corrected chi connectivity index (χ3v) is 4.06. The highest BCUT2D eigenvalue weighted by Crippen LogP contribution is 2.26. The van der Waals surface area contributed by atoms with Crippen molar-refractivity contribution in [1.29, 1.82) is 0 Å². The average molecular weight is 326 g/mol. The van der Waals surface area contributed by atoms with Gasteiger partial charge < -0.3 is 9.40 Å². The topological polar surface area (TPSA) is 51.5 Å². The Bertz CT molecular complexity index is 804. The van der Waals surface area contributed by atoms with Crippen molar-refractivity contribution in [1.82, 2.24) is 4.57 Å². The van der Waals surface area contributed by atoms with Crippen molar-refractivity contribution in [2.45, 2.75) is 33.7 Å². The highest BCUT2D eigenvalue weighted by atomic mass is 16.7. The fourth-order valence-corrected chi connectivity index (χ4v) is 2.64. The van der Waals surface area contributed by atoms with Crippen LogP contribution in [0.4, 0.5) is 5.69 Å². The van der Waals surface area contributed by atoms with Gasteiger partial charge >= 0.3 is 5.97 Å². The summed E-state index contributed by atoms with van der Waals surface area (Å²) in [6, 6.07) is 11.7. The van der Waals surface area contributed by atoms with Crippen LogP contribution in [0, 0.1) is 5.41 Å². The summed E-state index contributed by atoms with van der Waals surface area (Å²) in [4.78, 5) is 30.5. The lowest BCUT2D eigenvalue weighted by atomic mass is 9.98. The zero-order valence-electron chi connectivity index (χ0n) is 14.3. The van der Waals surface area contributed by atoms with Gasteiger partial charge in [0.2, 0.25) is 0 Å². The molecule has 0 saturated carbocycles. The maximum atomic E-state index is 12.8. The largest absolute Gasteiger partial charge is 0.340 e. The molecule has 3 rings (SSSR count). The van der Waals surface area contributed by atoms with Gasteiger partial charge in [0.15, 0.2) is 0 Å². The van der Waals surface area contributed by atoms with E-state index in [0.29, 0.717) is 25.2 Å². The predicted molar refractivity (Wildman–Crippen MR) is 92.8 cm³/mol. The van der Waals surface area contributed by atoms with Crippen molar-refractivity contribution in [3.63, 3.8) is 0 Å². The molecule has 0 unspecified atom stereocenters. The zero-order chi connectivity index (χ0) is 17.3. The van der Waals surface area contributed by atoms with Crippen LogP contribution in [0.1, 0.15) is 31.9 Å². The summed E-state index contributed by atoms with van der Waals surface area (Å²) < 4.78 is 1.65. The number of rotatable bonds is 3. The first-order chi connectivity index (χ1) is 11.4. The molecule has 0 saturated heterocycles. The van der Waals surface area contributed by atoms with Crippen LogP contribution in [0.2, 0.25) is 0 Å². The summed E-state index contributed by atoms with van der Waals surface area (Å²) >= 11 is 0. The molecule has 5 heteroatoms. The molecule has 1 aliphatic heterocycles. The Morgan fingerprint density at radius 2 is 1.88 bits per heavy atom. The Balaban J connectivity index is 1.89. The molecule has 0 amide bonds.